The lowest BCUT2D eigenvalue weighted by Gasteiger charge is -2.23. The summed E-state index contributed by atoms with van der Waals surface area (Å²) in [4.78, 5) is 24.3. The highest BCUT2D eigenvalue weighted by molar-refractivity contribution is 7.94. The summed E-state index contributed by atoms with van der Waals surface area (Å²) < 4.78 is 90.3. The van der Waals surface area contributed by atoms with Gasteiger partial charge in [0.2, 0.25) is 5.25 Å². The summed E-state index contributed by atoms with van der Waals surface area (Å²) in [5.74, 6) is -2.36. The van der Waals surface area contributed by atoms with Crippen molar-refractivity contribution in [2.45, 2.75) is 42.6 Å². The minimum atomic E-state index is -5.07. The lowest BCUT2D eigenvalue weighted by molar-refractivity contribution is -0.143. The monoisotopic (exact) mass is 431 g/mol. The molecule has 28 heavy (non-hydrogen) atoms. The molecule has 2 rings (SSSR count). The molecule has 0 spiro atoms. The van der Waals surface area contributed by atoms with E-state index in [0.717, 1.165) is 0 Å². The quantitative estimate of drug-likeness (QED) is 0.572. The van der Waals surface area contributed by atoms with Crippen LogP contribution in [-0.2, 0) is 33.1 Å². The molecule has 5 nitrogen and oxygen atoms in total. The molecular weight excluding hydrogens is 416 g/mol. The predicted octanol–water partition coefficient (Wildman–Crippen LogP) is 3.44. The number of carboxylic acids is 1. The number of carbonyl (C=O) groups excluding carboxylic acids is 1. The van der Waals surface area contributed by atoms with Crippen LogP contribution >= 0.6 is 0 Å². The van der Waals surface area contributed by atoms with Gasteiger partial charge in [0.05, 0.1) is 11.1 Å². The molecule has 1 saturated heterocycles. The molecule has 1 aliphatic heterocycles. The van der Waals surface area contributed by atoms with E-state index in [4.69, 9.17) is 5.11 Å². The second-order valence-corrected chi connectivity index (χ2v) is 7.89. The molecular formula is C16H15F6NO4S. The lowest BCUT2D eigenvalue weighted by Crippen LogP contribution is -2.42. The van der Waals surface area contributed by atoms with Crippen LogP contribution in [0.3, 0.4) is 0 Å². The average Bonchev–Trinajstić information content (AvgIpc) is 2.94. The zero-order valence-corrected chi connectivity index (χ0v) is 15.1. The first-order chi connectivity index (χ1) is 12.8. The molecule has 1 fully saturated rings. The van der Waals surface area contributed by atoms with Crippen molar-refractivity contribution in [3.8, 4) is 0 Å². The summed E-state index contributed by atoms with van der Waals surface area (Å²) >= 11 is -2.17. The Bertz CT molecular complexity index is 734. The van der Waals surface area contributed by atoms with Gasteiger partial charge in [-0.25, -0.2) is 4.79 Å². The van der Waals surface area contributed by atoms with Crippen molar-refractivity contribution < 1.29 is 45.6 Å². The molecule has 1 aromatic carbocycles. The molecule has 0 aliphatic carbocycles. The van der Waals surface area contributed by atoms with Crippen molar-refractivity contribution in [2.24, 2.45) is 0 Å². The zero-order chi connectivity index (χ0) is 21.4. The van der Waals surface area contributed by atoms with Crippen LogP contribution in [0.15, 0.2) is 18.2 Å². The fourth-order valence-corrected chi connectivity index (χ4v) is 4.44. The van der Waals surface area contributed by atoms with Gasteiger partial charge in [0.25, 0.3) is 5.91 Å². The van der Waals surface area contributed by atoms with Crippen molar-refractivity contribution in [1.82, 2.24) is 0 Å². The third-order valence-electron chi connectivity index (χ3n) is 4.25. The predicted molar refractivity (Wildman–Crippen MR) is 87.1 cm³/mol. The minimum absolute atomic E-state index is 0.0481. The van der Waals surface area contributed by atoms with Crippen LogP contribution in [0.5, 0.6) is 0 Å². The molecule has 1 aliphatic rings. The van der Waals surface area contributed by atoms with Crippen molar-refractivity contribution in [2.75, 3.05) is 11.4 Å². The van der Waals surface area contributed by atoms with Crippen LogP contribution < -0.4 is 4.90 Å². The number of halogens is 6. The van der Waals surface area contributed by atoms with E-state index in [9.17, 15) is 40.5 Å². The van der Waals surface area contributed by atoms with Crippen LogP contribution in [-0.4, -0.2) is 38.6 Å². The standard InChI is InChI=1S/C16H15F6NO4S/c1-2-11(14(25)26)28(27)12-3-4-23(13(12)24)10-6-8(15(17,18)19)5-9(7-10)16(20,21)22/h5-7,11-12H,2-4H2,1H3,(H,25,26). The van der Waals surface area contributed by atoms with Crippen molar-refractivity contribution in [1.29, 1.82) is 0 Å². The summed E-state index contributed by atoms with van der Waals surface area (Å²) in [7, 11) is 0. The first-order valence-electron chi connectivity index (χ1n) is 8.00. The van der Waals surface area contributed by atoms with E-state index in [1.807, 2.05) is 0 Å². The summed E-state index contributed by atoms with van der Waals surface area (Å²) in [5.41, 5.74) is -3.78. The van der Waals surface area contributed by atoms with E-state index in [2.05, 4.69) is 0 Å². The smallest absolute Gasteiger partial charge is 0.416 e. The molecule has 156 valence electrons. The molecule has 1 aromatic rings. The van der Waals surface area contributed by atoms with E-state index in [-0.39, 0.29) is 25.5 Å². The Hall–Kier alpha value is -1.95. The van der Waals surface area contributed by atoms with Crippen LogP contribution in [0.1, 0.15) is 30.9 Å². The molecule has 1 N–H and O–H groups in total. The van der Waals surface area contributed by atoms with Gasteiger partial charge >= 0.3 is 18.3 Å². The van der Waals surface area contributed by atoms with Crippen molar-refractivity contribution in [3.63, 3.8) is 0 Å². The first-order valence-corrected chi connectivity index (χ1v) is 9.28. The third-order valence-corrected chi connectivity index (χ3v) is 6.34. The molecule has 0 saturated carbocycles. The van der Waals surface area contributed by atoms with Gasteiger partial charge in [-0.15, -0.1) is 0 Å². The number of carboxylic acid groups (broad SMARTS) is 1. The maximum atomic E-state index is 13.0. The second-order valence-electron chi connectivity index (χ2n) is 6.09. The maximum absolute atomic E-state index is 13.0. The second kappa shape index (κ2) is 7.82. The topological polar surface area (TPSA) is 80.7 Å². The molecule has 1 heterocycles. The molecule has 1 amide bonds. The van der Waals surface area contributed by atoms with Crippen LogP contribution in [0, 0.1) is 0 Å². The van der Waals surface area contributed by atoms with Gasteiger partial charge in [-0.3, -0.25) is 4.79 Å². The highest BCUT2D eigenvalue weighted by atomic mass is 32.2. The van der Waals surface area contributed by atoms with Crippen molar-refractivity contribution in [3.05, 3.63) is 29.3 Å². The lowest BCUT2D eigenvalue weighted by atomic mass is 10.1. The van der Waals surface area contributed by atoms with Crippen LogP contribution in [0.4, 0.5) is 32.0 Å². The van der Waals surface area contributed by atoms with Gasteiger partial charge in [0.1, 0.15) is 0 Å². The number of amides is 1. The molecule has 0 bridgehead atoms. The Morgan fingerprint density at radius 2 is 1.71 bits per heavy atom. The number of rotatable bonds is 5. The highest BCUT2D eigenvalue weighted by Gasteiger charge is 2.46. The van der Waals surface area contributed by atoms with Crippen molar-refractivity contribution >= 4 is 28.7 Å². The highest BCUT2D eigenvalue weighted by Crippen LogP contribution is 2.39. The molecule has 3 unspecified atom stereocenters. The fourth-order valence-electron chi connectivity index (χ4n) is 2.86. The summed E-state index contributed by atoms with van der Waals surface area (Å²) in [6, 6.07) is 0.761. The van der Waals surface area contributed by atoms with Gasteiger partial charge in [-0.1, -0.05) is 6.92 Å². The van der Waals surface area contributed by atoms with E-state index in [1.165, 1.54) is 6.92 Å². The number of aliphatic carboxylic acids is 1. The number of nitrogens with zero attached hydrogens (tertiary/aromatic N) is 1. The van der Waals surface area contributed by atoms with Gasteiger partial charge < -0.3 is 14.6 Å². The van der Waals surface area contributed by atoms with Gasteiger partial charge in [-0.2, -0.15) is 26.3 Å². The van der Waals surface area contributed by atoms with E-state index >= 15 is 0 Å². The normalized spacial score (nSPS) is 20.4. The van der Waals surface area contributed by atoms with Crippen LogP contribution in [0.25, 0.3) is 0 Å². The fraction of sp³-hybridized carbons (Fsp3) is 0.500. The molecule has 0 radical (unpaired) electrons. The largest absolute Gasteiger partial charge is 0.615 e. The summed E-state index contributed by atoms with van der Waals surface area (Å²) in [5, 5.41) is 6.38. The molecule has 0 aromatic heterocycles. The van der Waals surface area contributed by atoms with Gasteiger partial charge in [-0.05, 0) is 29.4 Å². The minimum Gasteiger partial charge on any atom is -0.615 e. The average molecular weight is 431 g/mol. The Morgan fingerprint density at radius 3 is 2.11 bits per heavy atom. The first kappa shape index (κ1) is 22.3. The number of hydrogen-bond acceptors (Lipinski definition) is 3. The Labute approximate surface area is 158 Å². The maximum Gasteiger partial charge on any atom is 0.416 e. The van der Waals surface area contributed by atoms with Gasteiger partial charge in [0, 0.05) is 25.1 Å². The number of anilines is 1. The van der Waals surface area contributed by atoms with Crippen LogP contribution in [0.2, 0.25) is 0 Å². The number of benzene rings is 1. The molecule has 12 heteroatoms. The Balaban J connectivity index is 2.40. The van der Waals surface area contributed by atoms with E-state index < -0.39 is 62.7 Å². The Kier molecular flexibility index (Phi) is 6.24. The summed E-state index contributed by atoms with van der Waals surface area (Å²) in [6.45, 7) is 1.17. The SMILES string of the molecule is CCC(C(=O)O)[S+]([O-])C1CCN(c2cc(C(F)(F)F)cc(C(F)(F)F)c2)C1=O. The van der Waals surface area contributed by atoms with E-state index in [1.54, 1.807) is 0 Å². The third kappa shape index (κ3) is 4.54. The number of hydrogen-bond donors (Lipinski definition) is 1. The summed E-state index contributed by atoms with van der Waals surface area (Å²) in [6.07, 6.45) is -10.3. The Morgan fingerprint density at radius 1 is 1.21 bits per heavy atom. The number of carbonyl (C=O) groups is 2. The van der Waals surface area contributed by atoms with Gasteiger partial charge in [0.15, 0.2) is 5.25 Å². The van der Waals surface area contributed by atoms with E-state index in [0.29, 0.717) is 17.0 Å². The zero-order valence-electron chi connectivity index (χ0n) is 14.3. The molecule has 3 atom stereocenters. The number of alkyl halides is 6.